The van der Waals surface area contributed by atoms with Crippen LogP contribution in [-0.2, 0) is 0 Å². The molecule has 0 saturated carbocycles. The Hall–Kier alpha value is -2.72. The molecule has 1 aliphatic rings. The van der Waals surface area contributed by atoms with E-state index in [1.165, 1.54) is 21.2 Å². The zero-order valence-electron chi connectivity index (χ0n) is 13.1. The van der Waals surface area contributed by atoms with Crippen molar-refractivity contribution in [1.82, 2.24) is 4.98 Å². The summed E-state index contributed by atoms with van der Waals surface area (Å²) in [4.78, 5) is 9.32. The molecule has 0 spiro atoms. The molecule has 0 unspecified atom stereocenters. The molecule has 2 heterocycles. The number of rotatable bonds is 1. The Bertz CT molecular complexity index is 1040. The van der Waals surface area contributed by atoms with Crippen LogP contribution in [0.4, 0.5) is 11.4 Å². The minimum Gasteiger partial charge on any atom is -0.436 e. The molecule has 5 rings (SSSR count). The van der Waals surface area contributed by atoms with Gasteiger partial charge in [-0.05, 0) is 42.5 Å². The lowest BCUT2D eigenvalue weighted by Crippen LogP contribution is -2.14. The average molecular weight is 330 g/mol. The van der Waals surface area contributed by atoms with Crippen LogP contribution in [-0.4, -0.2) is 12.0 Å². The molecule has 3 aromatic carbocycles. The molecule has 4 heteroatoms. The molecule has 0 radical (unpaired) electrons. The Kier molecular flexibility index (Phi) is 2.94. The Labute approximate surface area is 143 Å². The summed E-state index contributed by atoms with van der Waals surface area (Å²) in [5.41, 5.74) is 5.16. The molecule has 24 heavy (non-hydrogen) atoms. The Morgan fingerprint density at radius 2 is 1.67 bits per heavy atom. The molecule has 0 bridgehead atoms. The second-order valence-corrected chi connectivity index (χ2v) is 6.88. The van der Waals surface area contributed by atoms with E-state index < -0.39 is 0 Å². The van der Waals surface area contributed by atoms with E-state index in [2.05, 4.69) is 59.4 Å². The van der Waals surface area contributed by atoms with Crippen molar-refractivity contribution >= 4 is 34.2 Å². The molecule has 0 amide bonds. The van der Waals surface area contributed by atoms with Gasteiger partial charge >= 0.3 is 0 Å². The molecule has 0 N–H and O–H groups in total. The largest absolute Gasteiger partial charge is 0.436 e. The highest BCUT2D eigenvalue weighted by molar-refractivity contribution is 7.99. The fourth-order valence-corrected chi connectivity index (χ4v) is 4.26. The van der Waals surface area contributed by atoms with E-state index in [1.807, 2.05) is 24.3 Å². The first kappa shape index (κ1) is 13.7. The smallest absolute Gasteiger partial charge is 0.227 e. The molecule has 1 aromatic heterocycles. The Morgan fingerprint density at radius 1 is 0.875 bits per heavy atom. The SMILES string of the molecule is CN1c2ccccc2Sc2cc(-c3nc4ccccc4o3)ccc21. The maximum atomic E-state index is 5.91. The molecule has 0 saturated heterocycles. The van der Waals surface area contributed by atoms with E-state index in [0.717, 1.165) is 16.7 Å². The second kappa shape index (κ2) is 5.14. The zero-order chi connectivity index (χ0) is 16.1. The number of anilines is 2. The predicted octanol–water partition coefficient (Wildman–Crippen LogP) is 5.73. The fourth-order valence-electron chi connectivity index (χ4n) is 3.07. The number of hydrogen-bond acceptors (Lipinski definition) is 4. The van der Waals surface area contributed by atoms with Crippen molar-refractivity contribution in [2.24, 2.45) is 0 Å². The van der Waals surface area contributed by atoms with Gasteiger partial charge in [0.15, 0.2) is 5.58 Å². The lowest BCUT2D eigenvalue weighted by Gasteiger charge is -2.29. The molecule has 0 aliphatic carbocycles. The van der Waals surface area contributed by atoms with Gasteiger partial charge in [-0.2, -0.15) is 0 Å². The Balaban J connectivity index is 1.62. The topological polar surface area (TPSA) is 29.3 Å². The third-order valence-electron chi connectivity index (χ3n) is 4.31. The van der Waals surface area contributed by atoms with Gasteiger partial charge < -0.3 is 9.32 Å². The lowest BCUT2D eigenvalue weighted by atomic mass is 10.1. The van der Waals surface area contributed by atoms with Gasteiger partial charge in [-0.15, -0.1) is 0 Å². The van der Waals surface area contributed by atoms with Crippen LogP contribution in [0.25, 0.3) is 22.6 Å². The van der Waals surface area contributed by atoms with Crippen LogP contribution in [0, 0.1) is 0 Å². The van der Waals surface area contributed by atoms with Crippen LogP contribution in [0.5, 0.6) is 0 Å². The van der Waals surface area contributed by atoms with E-state index in [-0.39, 0.29) is 0 Å². The van der Waals surface area contributed by atoms with E-state index in [0.29, 0.717) is 5.89 Å². The predicted molar refractivity (Wildman–Crippen MR) is 98.1 cm³/mol. The first-order valence-corrected chi connectivity index (χ1v) is 8.62. The fraction of sp³-hybridized carbons (Fsp3) is 0.0500. The van der Waals surface area contributed by atoms with Crippen molar-refractivity contribution in [3.63, 3.8) is 0 Å². The van der Waals surface area contributed by atoms with E-state index in [9.17, 15) is 0 Å². The summed E-state index contributed by atoms with van der Waals surface area (Å²) in [6.45, 7) is 0. The van der Waals surface area contributed by atoms with E-state index in [1.54, 1.807) is 11.8 Å². The highest BCUT2D eigenvalue weighted by Gasteiger charge is 2.21. The number of para-hydroxylation sites is 3. The van der Waals surface area contributed by atoms with Gasteiger partial charge in [0.2, 0.25) is 5.89 Å². The second-order valence-electron chi connectivity index (χ2n) is 5.80. The average Bonchev–Trinajstić information content (AvgIpc) is 3.06. The van der Waals surface area contributed by atoms with Crippen LogP contribution in [0.15, 0.2) is 80.9 Å². The number of nitrogens with zero attached hydrogens (tertiary/aromatic N) is 2. The van der Waals surface area contributed by atoms with Gasteiger partial charge in [-0.1, -0.05) is 36.0 Å². The maximum absolute atomic E-state index is 5.91. The normalized spacial score (nSPS) is 13.0. The summed E-state index contributed by atoms with van der Waals surface area (Å²) in [5.74, 6) is 0.668. The lowest BCUT2D eigenvalue weighted by molar-refractivity contribution is 0.619. The van der Waals surface area contributed by atoms with Gasteiger partial charge in [-0.25, -0.2) is 4.98 Å². The number of fused-ring (bicyclic) bond motifs is 3. The van der Waals surface area contributed by atoms with Gasteiger partial charge in [0.1, 0.15) is 5.52 Å². The molecule has 0 atom stereocenters. The van der Waals surface area contributed by atoms with Crippen molar-refractivity contribution in [3.05, 3.63) is 66.7 Å². The number of aromatic nitrogens is 1. The molecule has 0 fully saturated rings. The minimum atomic E-state index is 0.668. The summed E-state index contributed by atoms with van der Waals surface area (Å²) in [7, 11) is 2.11. The van der Waals surface area contributed by atoms with Gasteiger partial charge in [0.25, 0.3) is 0 Å². The van der Waals surface area contributed by atoms with Gasteiger partial charge in [0.05, 0.1) is 11.4 Å². The summed E-state index contributed by atoms with van der Waals surface area (Å²) in [5, 5.41) is 0. The number of oxazole rings is 1. The van der Waals surface area contributed by atoms with Crippen molar-refractivity contribution in [2.45, 2.75) is 9.79 Å². The van der Waals surface area contributed by atoms with E-state index >= 15 is 0 Å². The van der Waals surface area contributed by atoms with Crippen LogP contribution in [0.2, 0.25) is 0 Å². The summed E-state index contributed by atoms with van der Waals surface area (Å²) in [6.07, 6.45) is 0. The maximum Gasteiger partial charge on any atom is 0.227 e. The van der Waals surface area contributed by atoms with Crippen molar-refractivity contribution in [2.75, 3.05) is 11.9 Å². The molecular formula is C20H14N2OS. The van der Waals surface area contributed by atoms with Crippen molar-refractivity contribution in [1.29, 1.82) is 0 Å². The van der Waals surface area contributed by atoms with Crippen LogP contribution in [0.3, 0.4) is 0 Å². The summed E-state index contributed by atoms with van der Waals surface area (Å²) in [6, 6.07) is 22.7. The number of hydrogen-bond donors (Lipinski definition) is 0. The standard InChI is InChI=1S/C20H14N2OS/c1-22-15-7-3-5-9-18(15)24-19-12-13(10-11-16(19)22)20-21-14-6-2-4-8-17(14)23-20/h2-12H,1H3. The number of benzene rings is 3. The first-order chi connectivity index (χ1) is 11.8. The van der Waals surface area contributed by atoms with Crippen molar-refractivity contribution in [3.8, 4) is 11.5 Å². The molecule has 3 nitrogen and oxygen atoms in total. The van der Waals surface area contributed by atoms with Gasteiger partial charge in [0, 0.05) is 22.4 Å². The van der Waals surface area contributed by atoms with Crippen LogP contribution < -0.4 is 4.90 Å². The summed E-state index contributed by atoms with van der Waals surface area (Å²) >= 11 is 1.79. The van der Waals surface area contributed by atoms with Gasteiger partial charge in [-0.3, -0.25) is 0 Å². The monoisotopic (exact) mass is 330 g/mol. The van der Waals surface area contributed by atoms with Crippen LogP contribution in [0.1, 0.15) is 0 Å². The molecule has 4 aromatic rings. The third-order valence-corrected chi connectivity index (χ3v) is 5.42. The minimum absolute atomic E-state index is 0.668. The van der Waals surface area contributed by atoms with Crippen molar-refractivity contribution < 1.29 is 4.42 Å². The highest BCUT2D eigenvalue weighted by atomic mass is 32.2. The van der Waals surface area contributed by atoms with E-state index in [4.69, 9.17) is 4.42 Å². The third kappa shape index (κ3) is 2.03. The van der Waals surface area contributed by atoms with Crippen LogP contribution >= 0.6 is 11.8 Å². The molecular weight excluding hydrogens is 316 g/mol. The highest BCUT2D eigenvalue weighted by Crippen LogP contribution is 2.48. The summed E-state index contributed by atoms with van der Waals surface area (Å²) < 4.78 is 5.91. The first-order valence-electron chi connectivity index (χ1n) is 7.80. The zero-order valence-corrected chi connectivity index (χ0v) is 13.9. The molecule has 116 valence electrons. The Morgan fingerprint density at radius 3 is 2.58 bits per heavy atom. The quantitative estimate of drug-likeness (QED) is 0.446. The molecule has 1 aliphatic heterocycles.